The molecule has 0 saturated heterocycles. The Kier molecular flexibility index (Phi) is 8.23. The van der Waals surface area contributed by atoms with Crippen LogP contribution in [0.4, 0.5) is 0 Å². The monoisotopic (exact) mass is 850 g/mol. The lowest BCUT2D eigenvalue weighted by Crippen LogP contribution is -2.28. The predicted molar refractivity (Wildman–Crippen MR) is 281 cm³/mol. The minimum atomic E-state index is -0.581. The van der Waals surface area contributed by atoms with E-state index < -0.39 is 5.41 Å². The molecule has 312 valence electrons. The van der Waals surface area contributed by atoms with Gasteiger partial charge in [-0.2, -0.15) is 0 Å². The predicted octanol–water partition coefficient (Wildman–Crippen LogP) is 16.7. The van der Waals surface area contributed by atoms with Crippen molar-refractivity contribution >= 4 is 54.4 Å². The van der Waals surface area contributed by atoms with E-state index in [0.717, 1.165) is 11.4 Å². The van der Waals surface area contributed by atoms with Crippen molar-refractivity contribution in [2.24, 2.45) is 0 Å². The standard InChI is InChI=1S/C65H42N2/c1-5-17-48(18-6-1)65(49-19-7-2-8-20-49)59-40-44(46-32-37-57-55-26-14-16-28-61(55)67(63(57)42-46)51-23-11-4-12-24-51)30-35-53(59)58-38-33-47-39-43(29-34-52(47)64(58)65)45-31-36-56-54-25-13-15-27-60(54)66(62(56)41-45)50-21-9-3-10-22-50/h1-42H. The van der Waals surface area contributed by atoms with Crippen LogP contribution in [-0.4, -0.2) is 9.13 Å². The van der Waals surface area contributed by atoms with Crippen LogP contribution in [0.25, 0.3) is 99.1 Å². The Hall–Kier alpha value is -8.72. The molecule has 0 amide bonds. The molecule has 2 heteroatoms. The maximum Gasteiger partial charge on any atom is 0.0719 e. The number of fused-ring (bicyclic) bond motifs is 11. The molecule has 0 N–H and O–H groups in total. The van der Waals surface area contributed by atoms with Gasteiger partial charge in [-0.15, -0.1) is 0 Å². The minimum Gasteiger partial charge on any atom is -0.309 e. The van der Waals surface area contributed by atoms with Crippen LogP contribution in [0, 0.1) is 0 Å². The fourth-order valence-electron chi connectivity index (χ4n) is 11.7. The van der Waals surface area contributed by atoms with E-state index in [1.54, 1.807) is 0 Å². The van der Waals surface area contributed by atoms with Crippen molar-refractivity contribution < 1.29 is 0 Å². The van der Waals surface area contributed by atoms with Crippen molar-refractivity contribution in [2.45, 2.75) is 5.41 Å². The highest BCUT2D eigenvalue weighted by atomic mass is 15.0. The fourth-order valence-corrected chi connectivity index (χ4v) is 11.7. The van der Waals surface area contributed by atoms with Crippen molar-refractivity contribution in [3.05, 3.63) is 277 Å². The lowest BCUT2D eigenvalue weighted by atomic mass is 9.66. The summed E-state index contributed by atoms with van der Waals surface area (Å²) in [5.41, 5.74) is 19.1. The van der Waals surface area contributed by atoms with E-state index in [2.05, 4.69) is 264 Å². The molecule has 13 aromatic rings. The van der Waals surface area contributed by atoms with E-state index >= 15 is 0 Å². The summed E-state index contributed by atoms with van der Waals surface area (Å²) in [6, 6.07) is 94.5. The summed E-state index contributed by atoms with van der Waals surface area (Å²) >= 11 is 0. The molecule has 67 heavy (non-hydrogen) atoms. The largest absolute Gasteiger partial charge is 0.309 e. The van der Waals surface area contributed by atoms with E-state index in [-0.39, 0.29) is 0 Å². The summed E-state index contributed by atoms with van der Waals surface area (Å²) < 4.78 is 4.82. The van der Waals surface area contributed by atoms with Gasteiger partial charge in [0, 0.05) is 32.9 Å². The second-order valence-electron chi connectivity index (χ2n) is 18.0. The molecule has 0 bridgehead atoms. The lowest BCUT2D eigenvalue weighted by Gasteiger charge is -2.35. The van der Waals surface area contributed by atoms with E-state index in [1.807, 2.05) is 0 Å². The van der Waals surface area contributed by atoms with Gasteiger partial charge in [0.05, 0.1) is 27.5 Å². The zero-order valence-corrected chi connectivity index (χ0v) is 36.6. The first kappa shape index (κ1) is 37.6. The molecule has 14 rings (SSSR count). The van der Waals surface area contributed by atoms with Gasteiger partial charge in [-0.05, 0) is 127 Å². The first-order valence-electron chi connectivity index (χ1n) is 23.3. The number of hydrogen-bond donors (Lipinski definition) is 0. The summed E-state index contributed by atoms with van der Waals surface area (Å²) in [5, 5.41) is 7.52. The average molecular weight is 851 g/mol. The maximum absolute atomic E-state index is 2.49. The molecule has 0 atom stereocenters. The van der Waals surface area contributed by atoms with E-state index in [9.17, 15) is 0 Å². The maximum atomic E-state index is 2.49. The molecule has 0 aliphatic heterocycles. The van der Waals surface area contributed by atoms with Crippen molar-refractivity contribution in [1.82, 2.24) is 9.13 Å². The SMILES string of the molecule is c1ccc(-n2c3ccccc3c3ccc(-c4ccc5c(c4)C(c4ccccc4)(c4ccccc4)c4c-5ccc5cc(-c6ccc7c8ccccc8n(-c8ccccc8)c7c6)ccc45)cc32)cc1. The third-order valence-corrected chi connectivity index (χ3v) is 14.6. The van der Waals surface area contributed by atoms with Gasteiger partial charge in [0.15, 0.2) is 0 Å². The Morgan fingerprint density at radius 3 is 1.21 bits per heavy atom. The Bertz CT molecular complexity index is 4030. The number of para-hydroxylation sites is 4. The molecule has 0 unspecified atom stereocenters. The highest BCUT2D eigenvalue weighted by Crippen LogP contribution is 2.59. The quantitative estimate of drug-likeness (QED) is 0.158. The van der Waals surface area contributed by atoms with Crippen LogP contribution in [0.2, 0.25) is 0 Å². The topological polar surface area (TPSA) is 9.86 Å². The van der Waals surface area contributed by atoms with Gasteiger partial charge in [-0.1, -0.05) is 194 Å². The van der Waals surface area contributed by atoms with Gasteiger partial charge in [-0.25, -0.2) is 0 Å². The van der Waals surface area contributed by atoms with Crippen LogP contribution >= 0.6 is 0 Å². The molecule has 2 heterocycles. The summed E-state index contributed by atoms with van der Waals surface area (Å²) in [7, 11) is 0. The average Bonchev–Trinajstić information content (AvgIpc) is 4.03. The summed E-state index contributed by atoms with van der Waals surface area (Å²) in [4.78, 5) is 0. The van der Waals surface area contributed by atoms with Gasteiger partial charge in [-0.3, -0.25) is 0 Å². The van der Waals surface area contributed by atoms with Gasteiger partial charge < -0.3 is 9.13 Å². The Labute approximate surface area is 388 Å². The van der Waals surface area contributed by atoms with E-state index in [4.69, 9.17) is 0 Å². The highest BCUT2D eigenvalue weighted by molar-refractivity contribution is 6.12. The minimum absolute atomic E-state index is 0.581. The molecule has 1 aliphatic carbocycles. The second kappa shape index (κ2) is 14.7. The van der Waals surface area contributed by atoms with Crippen molar-refractivity contribution in [2.75, 3.05) is 0 Å². The van der Waals surface area contributed by atoms with Crippen LogP contribution in [0.1, 0.15) is 22.3 Å². The Balaban J connectivity index is 0.978. The molecule has 11 aromatic carbocycles. The van der Waals surface area contributed by atoms with Crippen LogP contribution in [0.15, 0.2) is 255 Å². The van der Waals surface area contributed by atoms with Gasteiger partial charge in [0.2, 0.25) is 0 Å². The number of rotatable bonds is 6. The molecule has 2 nitrogen and oxygen atoms in total. The number of hydrogen-bond acceptors (Lipinski definition) is 0. The van der Waals surface area contributed by atoms with Crippen LogP contribution in [-0.2, 0) is 5.41 Å². The third-order valence-electron chi connectivity index (χ3n) is 14.6. The smallest absolute Gasteiger partial charge is 0.0719 e. The van der Waals surface area contributed by atoms with Gasteiger partial charge in [0.1, 0.15) is 0 Å². The van der Waals surface area contributed by atoms with Gasteiger partial charge >= 0.3 is 0 Å². The van der Waals surface area contributed by atoms with Crippen molar-refractivity contribution in [3.63, 3.8) is 0 Å². The number of benzene rings is 11. The first-order chi connectivity index (χ1) is 33.2. The lowest BCUT2D eigenvalue weighted by molar-refractivity contribution is 0.776. The van der Waals surface area contributed by atoms with Gasteiger partial charge in [0.25, 0.3) is 0 Å². The van der Waals surface area contributed by atoms with Crippen LogP contribution in [0.5, 0.6) is 0 Å². The van der Waals surface area contributed by atoms with Crippen LogP contribution < -0.4 is 0 Å². The molecule has 1 aliphatic rings. The summed E-state index contributed by atoms with van der Waals surface area (Å²) in [6.07, 6.45) is 0. The zero-order chi connectivity index (χ0) is 44.1. The number of aromatic nitrogens is 2. The zero-order valence-electron chi connectivity index (χ0n) is 36.6. The molecule has 0 radical (unpaired) electrons. The molecule has 0 spiro atoms. The molecule has 0 saturated carbocycles. The molecule has 2 aromatic heterocycles. The van der Waals surface area contributed by atoms with Crippen molar-refractivity contribution in [1.29, 1.82) is 0 Å². The summed E-state index contributed by atoms with van der Waals surface area (Å²) in [6.45, 7) is 0. The van der Waals surface area contributed by atoms with E-state index in [1.165, 1.54) is 110 Å². The van der Waals surface area contributed by atoms with E-state index in [0.29, 0.717) is 0 Å². The normalized spacial score (nSPS) is 12.9. The second-order valence-corrected chi connectivity index (χ2v) is 18.0. The number of nitrogens with zero attached hydrogens (tertiary/aromatic N) is 2. The molecular formula is C65H42N2. The molecular weight excluding hydrogens is 809 g/mol. The Morgan fingerprint density at radius 2 is 0.672 bits per heavy atom. The first-order valence-corrected chi connectivity index (χ1v) is 23.3. The van der Waals surface area contributed by atoms with Crippen LogP contribution in [0.3, 0.4) is 0 Å². The fraction of sp³-hybridized carbons (Fsp3) is 0.0154. The third kappa shape index (κ3) is 5.51. The van der Waals surface area contributed by atoms with Crippen molar-refractivity contribution in [3.8, 4) is 44.8 Å². The summed E-state index contributed by atoms with van der Waals surface area (Å²) in [5.74, 6) is 0. The highest BCUT2D eigenvalue weighted by Gasteiger charge is 2.47. The Morgan fingerprint density at radius 1 is 0.269 bits per heavy atom. The molecule has 0 fully saturated rings.